The van der Waals surface area contributed by atoms with E-state index in [2.05, 4.69) is 18.8 Å². The highest BCUT2D eigenvalue weighted by molar-refractivity contribution is 5.27. The van der Waals surface area contributed by atoms with E-state index in [4.69, 9.17) is 10.2 Å². The molecule has 1 aliphatic rings. The van der Waals surface area contributed by atoms with Crippen molar-refractivity contribution in [2.75, 3.05) is 5.73 Å². The van der Waals surface area contributed by atoms with E-state index in [1.807, 2.05) is 0 Å². The molecule has 1 aliphatic carbocycles. The number of nitrogens with zero attached hydrogens (tertiary/aromatic N) is 1. The van der Waals surface area contributed by atoms with Crippen molar-refractivity contribution in [2.45, 2.75) is 38.5 Å². The van der Waals surface area contributed by atoms with E-state index in [9.17, 15) is 0 Å². The molecule has 0 atom stereocenters. The second kappa shape index (κ2) is 2.51. The summed E-state index contributed by atoms with van der Waals surface area (Å²) >= 11 is 0. The summed E-state index contributed by atoms with van der Waals surface area (Å²) in [7, 11) is 0. The molecule has 3 heteroatoms. The van der Waals surface area contributed by atoms with E-state index in [0.29, 0.717) is 17.9 Å². The van der Waals surface area contributed by atoms with Gasteiger partial charge in [0.15, 0.2) is 0 Å². The van der Waals surface area contributed by atoms with Crippen LogP contribution in [0.1, 0.15) is 50.0 Å². The molecule has 1 saturated carbocycles. The molecule has 0 radical (unpaired) electrons. The van der Waals surface area contributed by atoms with Crippen molar-refractivity contribution in [3.8, 4) is 0 Å². The Morgan fingerprint density at radius 3 is 2.67 bits per heavy atom. The average Bonchev–Trinajstić information content (AvgIpc) is 2.75. The predicted octanol–water partition coefficient (Wildman–Crippen LogP) is 2.26. The first kappa shape index (κ1) is 7.65. The molecule has 2 N–H and O–H groups in total. The molecule has 2 rings (SSSR count). The van der Waals surface area contributed by atoms with Gasteiger partial charge in [-0.15, -0.1) is 0 Å². The highest BCUT2D eigenvalue weighted by Crippen LogP contribution is 2.43. The Labute approximate surface area is 72.0 Å². The number of rotatable bonds is 2. The molecule has 0 aliphatic heterocycles. The van der Waals surface area contributed by atoms with Crippen LogP contribution in [0.4, 0.5) is 6.01 Å². The van der Waals surface area contributed by atoms with E-state index < -0.39 is 0 Å². The fourth-order valence-corrected chi connectivity index (χ4v) is 1.42. The zero-order valence-corrected chi connectivity index (χ0v) is 7.50. The SMILES string of the molecule is CC(C)c1oc(N)nc1C1CC1. The number of aromatic nitrogens is 1. The molecule has 0 unspecified atom stereocenters. The van der Waals surface area contributed by atoms with E-state index >= 15 is 0 Å². The van der Waals surface area contributed by atoms with Gasteiger partial charge in [-0.1, -0.05) is 13.8 Å². The third kappa shape index (κ3) is 1.19. The summed E-state index contributed by atoms with van der Waals surface area (Å²) in [6.07, 6.45) is 2.48. The van der Waals surface area contributed by atoms with Crippen molar-refractivity contribution in [1.82, 2.24) is 4.98 Å². The smallest absolute Gasteiger partial charge is 0.292 e. The zero-order valence-electron chi connectivity index (χ0n) is 7.50. The Hall–Kier alpha value is -0.990. The maximum absolute atomic E-state index is 5.50. The first-order chi connectivity index (χ1) is 5.68. The van der Waals surface area contributed by atoms with Gasteiger partial charge in [0.1, 0.15) is 5.76 Å². The van der Waals surface area contributed by atoms with Crippen LogP contribution in [-0.2, 0) is 0 Å². The summed E-state index contributed by atoms with van der Waals surface area (Å²) in [5.74, 6) is 2.00. The average molecular weight is 166 g/mol. The third-order valence-electron chi connectivity index (χ3n) is 2.19. The summed E-state index contributed by atoms with van der Waals surface area (Å²) in [5, 5.41) is 0. The third-order valence-corrected chi connectivity index (χ3v) is 2.19. The lowest BCUT2D eigenvalue weighted by atomic mass is 10.1. The molecule has 66 valence electrons. The number of nitrogens with two attached hydrogens (primary N) is 1. The standard InChI is InChI=1S/C9H14N2O/c1-5(2)8-7(6-3-4-6)11-9(10)12-8/h5-6H,3-4H2,1-2H3,(H2,10,11). The molecule has 1 aromatic heterocycles. The molecule has 1 aromatic rings. The topological polar surface area (TPSA) is 52.0 Å². The van der Waals surface area contributed by atoms with Gasteiger partial charge in [-0.25, -0.2) is 0 Å². The molecule has 0 aromatic carbocycles. The Morgan fingerprint density at radius 1 is 1.50 bits per heavy atom. The molecule has 0 spiro atoms. The fourth-order valence-electron chi connectivity index (χ4n) is 1.42. The van der Waals surface area contributed by atoms with Crippen molar-refractivity contribution < 1.29 is 4.42 Å². The van der Waals surface area contributed by atoms with Crippen LogP contribution in [0.3, 0.4) is 0 Å². The van der Waals surface area contributed by atoms with Crippen LogP contribution in [0.15, 0.2) is 4.42 Å². The molecule has 0 bridgehead atoms. The van der Waals surface area contributed by atoms with Crippen LogP contribution >= 0.6 is 0 Å². The first-order valence-corrected chi connectivity index (χ1v) is 4.44. The van der Waals surface area contributed by atoms with Crippen molar-refractivity contribution in [3.63, 3.8) is 0 Å². The lowest BCUT2D eigenvalue weighted by Crippen LogP contribution is -1.90. The highest BCUT2D eigenvalue weighted by Gasteiger charge is 2.31. The van der Waals surface area contributed by atoms with Crippen LogP contribution in [0.5, 0.6) is 0 Å². The molecule has 1 heterocycles. The van der Waals surface area contributed by atoms with Gasteiger partial charge < -0.3 is 10.2 Å². The number of oxazole rings is 1. The van der Waals surface area contributed by atoms with E-state index in [0.717, 1.165) is 11.5 Å². The van der Waals surface area contributed by atoms with E-state index in [-0.39, 0.29) is 0 Å². The van der Waals surface area contributed by atoms with Gasteiger partial charge in [0.05, 0.1) is 5.69 Å². The lowest BCUT2D eigenvalue weighted by molar-refractivity contribution is 0.495. The minimum atomic E-state index is 0.320. The Morgan fingerprint density at radius 2 is 2.17 bits per heavy atom. The second-order valence-corrected chi connectivity index (χ2v) is 3.73. The minimum absolute atomic E-state index is 0.320. The predicted molar refractivity (Wildman–Crippen MR) is 47.0 cm³/mol. The fraction of sp³-hybridized carbons (Fsp3) is 0.667. The molecule has 0 amide bonds. The first-order valence-electron chi connectivity index (χ1n) is 4.44. The lowest BCUT2D eigenvalue weighted by Gasteiger charge is -2.00. The zero-order chi connectivity index (χ0) is 8.72. The Kier molecular flexibility index (Phi) is 1.60. The molecular formula is C9H14N2O. The van der Waals surface area contributed by atoms with Crippen LogP contribution in [-0.4, -0.2) is 4.98 Å². The van der Waals surface area contributed by atoms with Crippen molar-refractivity contribution >= 4 is 6.01 Å². The quantitative estimate of drug-likeness (QED) is 0.733. The molecular weight excluding hydrogens is 152 g/mol. The molecule has 0 saturated heterocycles. The van der Waals surface area contributed by atoms with Gasteiger partial charge in [0.25, 0.3) is 6.01 Å². The van der Waals surface area contributed by atoms with Gasteiger partial charge in [0.2, 0.25) is 0 Å². The van der Waals surface area contributed by atoms with Crippen LogP contribution < -0.4 is 5.73 Å². The largest absolute Gasteiger partial charge is 0.428 e. The molecule has 1 fully saturated rings. The minimum Gasteiger partial charge on any atom is -0.428 e. The summed E-state index contributed by atoms with van der Waals surface area (Å²) in [5.41, 5.74) is 6.60. The highest BCUT2D eigenvalue weighted by atomic mass is 16.4. The van der Waals surface area contributed by atoms with Crippen LogP contribution in [0.2, 0.25) is 0 Å². The number of hydrogen-bond acceptors (Lipinski definition) is 3. The van der Waals surface area contributed by atoms with Crippen molar-refractivity contribution in [3.05, 3.63) is 11.5 Å². The molecule has 12 heavy (non-hydrogen) atoms. The monoisotopic (exact) mass is 166 g/mol. The van der Waals surface area contributed by atoms with Gasteiger partial charge in [-0.05, 0) is 12.8 Å². The molecule has 3 nitrogen and oxygen atoms in total. The van der Waals surface area contributed by atoms with Gasteiger partial charge in [-0.3, -0.25) is 0 Å². The van der Waals surface area contributed by atoms with Crippen molar-refractivity contribution in [1.29, 1.82) is 0 Å². The van der Waals surface area contributed by atoms with Gasteiger partial charge in [0, 0.05) is 11.8 Å². The Bertz CT molecular complexity index is 267. The number of hydrogen-bond donors (Lipinski definition) is 1. The maximum Gasteiger partial charge on any atom is 0.292 e. The Balaban J connectivity index is 2.36. The van der Waals surface area contributed by atoms with Gasteiger partial charge >= 0.3 is 0 Å². The van der Waals surface area contributed by atoms with Crippen molar-refractivity contribution in [2.24, 2.45) is 0 Å². The summed E-state index contributed by atoms with van der Waals surface area (Å²) in [4.78, 5) is 4.20. The summed E-state index contributed by atoms with van der Waals surface area (Å²) < 4.78 is 5.34. The van der Waals surface area contributed by atoms with E-state index in [1.54, 1.807) is 0 Å². The second-order valence-electron chi connectivity index (χ2n) is 3.73. The normalized spacial score (nSPS) is 17.2. The van der Waals surface area contributed by atoms with Crippen LogP contribution in [0, 0.1) is 0 Å². The number of anilines is 1. The van der Waals surface area contributed by atoms with E-state index in [1.165, 1.54) is 12.8 Å². The number of nitrogen functional groups attached to an aromatic ring is 1. The summed E-state index contributed by atoms with van der Waals surface area (Å²) in [6, 6.07) is 0.320. The van der Waals surface area contributed by atoms with Crippen LogP contribution in [0.25, 0.3) is 0 Å². The maximum atomic E-state index is 5.50. The summed E-state index contributed by atoms with van der Waals surface area (Å²) in [6.45, 7) is 4.21. The van der Waals surface area contributed by atoms with Gasteiger partial charge in [-0.2, -0.15) is 4.98 Å².